The van der Waals surface area contributed by atoms with Crippen molar-refractivity contribution in [1.29, 1.82) is 0 Å². The first-order valence-electron chi connectivity index (χ1n) is 4.38. The molecule has 72 valence electrons. The Morgan fingerprint density at radius 1 is 1.62 bits per heavy atom. The van der Waals surface area contributed by atoms with Crippen LogP contribution < -0.4 is 5.32 Å². The summed E-state index contributed by atoms with van der Waals surface area (Å²) in [5.41, 5.74) is 0. The Hall–Kier alpha value is -1.26. The van der Waals surface area contributed by atoms with Crippen molar-refractivity contribution in [2.24, 2.45) is 0 Å². The number of ether oxygens (including phenoxy) is 1. The van der Waals surface area contributed by atoms with Crippen molar-refractivity contribution in [3.05, 3.63) is 0 Å². The third kappa shape index (κ3) is 1.59. The Bertz CT molecular complexity index is 250. The Morgan fingerprint density at radius 3 is 2.77 bits per heavy atom. The average Bonchev–Trinajstić information content (AvgIpc) is 2.82. The second-order valence-electron chi connectivity index (χ2n) is 3.49. The van der Waals surface area contributed by atoms with Crippen molar-refractivity contribution in [3.8, 4) is 0 Å². The molecule has 2 aliphatic rings. The number of hydrogen-bond acceptors (Lipinski definition) is 3. The molecule has 0 aromatic heterocycles. The van der Waals surface area contributed by atoms with E-state index in [9.17, 15) is 9.59 Å². The van der Waals surface area contributed by atoms with Gasteiger partial charge in [-0.15, -0.1) is 0 Å². The molecule has 0 aromatic rings. The second-order valence-corrected chi connectivity index (χ2v) is 3.49. The number of hydrogen-bond donors (Lipinski definition) is 1. The van der Waals surface area contributed by atoms with Gasteiger partial charge in [0, 0.05) is 13.1 Å². The molecule has 1 saturated carbocycles. The first kappa shape index (κ1) is 8.34. The van der Waals surface area contributed by atoms with Crippen molar-refractivity contribution in [1.82, 2.24) is 10.2 Å². The standard InChI is InChI=1S/C8H12N2O3/c1-10-6(4-13-8(10)12)7(11)9-5-2-3-5/h5-6H,2-4H2,1H3,(H,9,11). The molecule has 2 rings (SSSR count). The number of amides is 2. The minimum atomic E-state index is -0.437. The fourth-order valence-electron chi connectivity index (χ4n) is 1.27. The maximum atomic E-state index is 11.5. The van der Waals surface area contributed by atoms with Crippen LogP contribution >= 0.6 is 0 Å². The molecule has 5 nitrogen and oxygen atoms in total. The van der Waals surface area contributed by atoms with Crippen LogP contribution in [0.1, 0.15) is 12.8 Å². The lowest BCUT2D eigenvalue weighted by molar-refractivity contribution is -0.124. The Kier molecular flexibility index (Phi) is 1.86. The molecule has 1 saturated heterocycles. The van der Waals surface area contributed by atoms with Crippen LogP contribution in [0.15, 0.2) is 0 Å². The lowest BCUT2D eigenvalue weighted by Crippen LogP contribution is -2.44. The predicted molar refractivity (Wildman–Crippen MR) is 44.1 cm³/mol. The minimum absolute atomic E-state index is 0.101. The fourth-order valence-corrected chi connectivity index (χ4v) is 1.27. The zero-order valence-corrected chi connectivity index (χ0v) is 7.45. The second kappa shape index (κ2) is 2.90. The van der Waals surface area contributed by atoms with Crippen LogP contribution in [0.5, 0.6) is 0 Å². The van der Waals surface area contributed by atoms with Gasteiger partial charge >= 0.3 is 6.09 Å². The Labute approximate surface area is 76.0 Å². The largest absolute Gasteiger partial charge is 0.447 e. The van der Waals surface area contributed by atoms with Crippen molar-refractivity contribution in [3.63, 3.8) is 0 Å². The van der Waals surface area contributed by atoms with Gasteiger partial charge in [-0.2, -0.15) is 0 Å². The molecule has 13 heavy (non-hydrogen) atoms. The molecule has 0 radical (unpaired) electrons. The number of carbonyl (C=O) groups is 2. The lowest BCUT2D eigenvalue weighted by atomic mass is 10.3. The summed E-state index contributed by atoms with van der Waals surface area (Å²) in [5.74, 6) is -0.101. The molecule has 1 heterocycles. The van der Waals surface area contributed by atoms with Crippen LogP contribution in [-0.4, -0.2) is 42.6 Å². The third-order valence-corrected chi connectivity index (χ3v) is 2.35. The van der Waals surface area contributed by atoms with Crippen LogP contribution in [0, 0.1) is 0 Å². The predicted octanol–water partition coefficient (Wildman–Crippen LogP) is -0.284. The monoisotopic (exact) mass is 184 g/mol. The Morgan fingerprint density at radius 2 is 2.31 bits per heavy atom. The van der Waals surface area contributed by atoms with Crippen LogP contribution in [0.25, 0.3) is 0 Å². The van der Waals surface area contributed by atoms with E-state index in [1.165, 1.54) is 4.90 Å². The molecule has 2 fully saturated rings. The van der Waals surface area contributed by atoms with Crippen LogP contribution in [0.4, 0.5) is 4.79 Å². The number of nitrogens with zero attached hydrogens (tertiary/aromatic N) is 1. The molecule has 5 heteroatoms. The number of carbonyl (C=O) groups excluding carboxylic acids is 2. The molecule has 2 amide bonds. The summed E-state index contributed by atoms with van der Waals surface area (Å²) in [6.07, 6.45) is 1.68. The minimum Gasteiger partial charge on any atom is -0.447 e. The van der Waals surface area contributed by atoms with Crippen LogP contribution in [0.3, 0.4) is 0 Å². The molecule has 1 unspecified atom stereocenters. The molecule has 0 aromatic carbocycles. The van der Waals surface area contributed by atoms with Gasteiger partial charge in [0.2, 0.25) is 5.91 Å². The molecule has 1 atom stereocenters. The molecular formula is C8H12N2O3. The van der Waals surface area contributed by atoms with Gasteiger partial charge in [0.1, 0.15) is 12.6 Å². The summed E-state index contributed by atoms with van der Waals surface area (Å²) in [6, 6.07) is -0.107. The topological polar surface area (TPSA) is 58.6 Å². The molecule has 1 aliphatic carbocycles. The molecule has 0 spiro atoms. The summed E-state index contributed by atoms with van der Waals surface area (Å²) in [4.78, 5) is 23.7. The van der Waals surface area contributed by atoms with E-state index in [2.05, 4.69) is 5.32 Å². The molecule has 0 bridgehead atoms. The highest BCUT2D eigenvalue weighted by molar-refractivity contribution is 5.88. The molecule has 1 N–H and O–H groups in total. The van der Waals surface area contributed by atoms with Crippen LogP contribution in [-0.2, 0) is 9.53 Å². The van der Waals surface area contributed by atoms with E-state index >= 15 is 0 Å². The van der Waals surface area contributed by atoms with Gasteiger partial charge in [0.25, 0.3) is 0 Å². The van der Waals surface area contributed by atoms with Gasteiger partial charge in [0.05, 0.1) is 0 Å². The highest BCUT2D eigenvalue weighted by atomic mass is 16.6. The SMILES string of the molecule is CN1C(=O)OCC1C(=O)NC1CC1. The van der Waals surface area contributed by atoms with Crippen molar-refractivity contribution >= 4 is 12.0 Å². The highest BCUT2D eigenvalue weighted by Gasteiger charge is 2.37. The summed E-state index contributed by atoms with van der Waals surface area (Å²) < 4.78 is 4.73. The summed E-state index contributed by atoms with van der Waals surface area (Å²) >= 11 is 0. The zero-order chi connectivity index (χ0) is 9.42. The molecular weight excluding hydrogens is 172 g/mol. The highest BCUT2D eigenvalue weighted by Crippen LogP contribution is 2.19. The number of cyclic esters (lactones) is 1. The van der Waals surface area contributed by atoms with Crippen molar-refractivity contribution < 1.29 is 14.3 Å². The van der Waals surface area contributed by atoms with Gasteiger partial charge in [-0.25, -0.2) is 4.79 Å². The summed E-state index contributed by atoms with van der Waals surface area (Å²) in [6.45, 7) is 0.174. The van der Waals surface area contributed by atoms with Crippen molar-refractivity contribution in [2.45, 2.75) is 24.9 Å². The number of likely N-dealkylation sites (N-methyl/N-ethyl adjacent to an activating group) is 1. The van der Waals surface area contributed by atoms with E-state index in [0.29, 0.717) is 6.04 Å². The van der Waals surface area contributed by atoms with Crippen LogP contribution in [0.2, 0.25) is 0 Å². The van der Waals surface area contributed by atoms with E-state index in [4.69, 9.17) is 4.74 Å². The maximum Gasteiger partial charge on any atom is 0.410 e. The van der Waals surface area contributed by atoms with E-state index in [1.54, 1.807) is 7.05 Å². The molecule has 1 aliphatic heterocycles. The zero-order valence-electron chi connectivity index (χ0n) is 7.45. The Balaban J connectivity index is 1.91. The van der Waals surface area contributed by atoms with E-state index in [-0.39, 0.29) is 12.5 Å². The summed E-state index contributed by atoms with van der Waals surface area (Å²) in [5, 5.41) is 2.83. The fraction of sp³-hybridized carbons (Fsp3) is 0.750. The van der Waals surface area contributed by atoms with Gasteiger partial charge in [-0.1, -0.05) is 0 Å². The number of rotatable bonds is 2. The lowest BCUT2D eigenvalue weighted by Gasteiger charge is -2.14. The number of nitrogens with one attached hydrogen (secondary N) is 1. The maximum absolute atomic E-state index is 11.5. The van der Waals surface area contributed by atoms with Gasteiger partial charge in [0.15, 0.2) is 0 Å². The average molecular weight is 184 g/mol. The van der Waals surface area contributed by atoms with Gasteiger partial charge < -0.3 is 10.1 Å². The normalized spacial score (nSPS) is 27.3. The van der Waals surface area contributed by atoms with E-state index in [0.717, 1.165) is 12.8 Å². The third-order valence-electron chi connectivity index (χ3n) is 2.35. The van der Waals surface area contributed by atoms with E-state index in [1.807, 2.05) is 0 Å². The van der Waals surface area contributed by atoms with Gasteiger partial charge in [-0.05, 0) is 12.8 Å². The van der Waals surface area contributed by atoms with Gasteiger partial charge in [-0.3, -0.25) is 9.69 Å². The summed E-state index contributed by atoms with van der Waals surface area (Å²) in [7, 11) is 1.58. The van der Waals surface area contributed by atoms with E-state index < -0.39 is 12.1 Å². The quantitative estimate of drug-likeness (QED) is 0.642. The smallest absolute Gasteiger partial charge is 0.410 e. The first-order valence-corrected chi connectivity index (χ1v) is 4.38. The van der Waals surface area contributed by atoms with Crippen molar-refractivity contribution in [2.75, 3.05) is 13.7 Å². The first-order chi connectivity index (χ1) is 6.18.